The van der Waals surface area contributed by atoms with Crippen molar-refractivity contribution in [3.8, 4) is 0 Å². The predicted molar refractivity (Wildman–Crippen MR) is 98.2 cm³/mol. The van der Waals surface area contributed by atoms with E-state index >= 15 is 0 Å². The number of hydrogen-bond donors (Lipinski definition) is 1. The van der Waals surface area contributed by atoms with Crippen LogP contribution in [0.5, 0.6) is 0 Å². The molecule has 1 fully saturated rings. The van der Waals surface area contributed by atoms with Crippen LogP contribution in [-0.2, 0) is 25.4 Å². The summed E-state index contributed by atoms with van der Waals surface area (Å²) in [5, 5.41) is 0. The number of rotatable bonds is 7. The lowest BCUT2D eigenvalue weighted by molar-refractivity contribution is 0.106. The Hall–Kier alpha value is -2.38. The molecule has 2 aromatic rings. The number of aryl methyl sites for hydroxylation is 1. The van der Waals surface area contributed by atoms with Gasteiger partial charge in [0.05, 0.1) is 11.4 Å². The molecule has 0 saturated carbocycles. The van der Waals surface area contributed by atoms with Crippen LogP contribution in [0.4, 0.5) is 4.79 Å². The maximum absolute atomic E-state index is 12.4. The van der Waals surface area contributed by atoms with Crippen LogP contribution in [0.2, 0.25) is 0 Å². The normalized spacial score (nSPS) is 19.2. The topological polar surface area (TPSA) is 79.7 Å². The molecule has 2 aromatic carbocycles. The van der Waals surface area contributed by atoms with Crippen molar-refractivity contribution in [2.24, 2.45) is 0 Å². The zero-order chi connectivity index (χ0) is 18.6. The second-order valence-corrected chi connectivity index (χ2v) is 8.00. The average Bonchev–Trinajstić information content (AvgIpc) is 2.99. The summed E-state index contributed by atoms with van der Waals surface area (Å²) < 4.78 is 30.9. The fourth-order valence-electron chi connectivity index (χ4n) is 2.71. The Kier molecular flexibility index (Phi) is 5.58. The molecule has 1 amide bonds. The maximum Gasteiger partial charge on any atom is 0.410 e. The third kappa shape index (κ3) is 4.62. The standard InChI is InChI=1S/C19H22N2O4S/c1-15-7-9-18(10-8-15)26(20,23)24-14-17-13-21(19(22)25-17)12-11-16-5-3-2-4-6-16/h2-10,17,20H,11-14H2,1H3. The average molecular weight is 374 g/mol. The Morgan fingerprint density at radius 2 is 1.88 bits per heavy atom. The summed E-state index contributed by atoms with van der Waals surface area (Å²) in [7, 11) is -3.36. The molecule has 26 heavy (non-hydrogen) atoms. The molecule has 0 aliphatic carbocycles. The van der Waals surface area contributed by atoms with Gasteiger partial charge >= 0.3 is 6.09 Å². The van der Waals surface area contributed by atoms with Gasteiger partial charge in [-0.25, -0.2) is 13.8 Å². The van der Waals surface area contributed by atoms with E-state index < -0.39 is 22.2 Å². The van der Waals surface area contributed by atoms with Crippen molar-refractivity contribution in [1.82, 2.24) is 4.90 Å². The number of amides is 1. The van der Waals surface area contributed by atoms with E-state index in [1.807, 2.05) is 37.3 Å². The van der Waals surface area contributed by atoms with E-state index in [2.05, 4.69) is 0 Å². The van der Waals surface area contributed by atoms with Gasteiger partial charge in [0.2, 0.25) is 0 Å². The minimum Gasteiger partial charge on any atom is -0.442 e. The minimum atomic E-state index is -3.36. The Morgan fingerprint density at radius 1 is 1.19 bits per heavy atom. The highest BCUT2D eigenvalue weighted by Gasteiger charge is 2.32. The van der Waals surface area contributed by atoms with Crippen molar-refractivity contribution in [2.45, 2.75) is 24.3 Å². The number of carbonyl (C=O) groups is 1. The molecule has 1 saturated heterocycles. The van der Waals surface area contributed by atoms with Crippen molar-refractivity contribution in [1.29, 1.82) is 4.78 Å². The van der Waals surface area contributed by atoms with Crippen LogP contribution in [0.25, 0.3) is 0 Å². The second kappa shape index (κ2) is 7.88. The summed E-state index contributed by atoms with van der Waals surface area (Å²) in [5.74, 6) is 0. The highest BCUT2D eigenvalue weighted by molar-refractivity contribution is 7.87. The fourth-order valence-corrected chi connectivity index (χ4v) is 3.68. The first kappa shape index (κ1) is 18.4. The molecule has 1 aliphatic rings. The molecule has 2 unspecified atom stereocenters. The second-order valence-electron chi connectivity index (χ2n) is 6.29. The lowest BCUT2D eigenvalue weighted by Gasteiger charge is -2.13. The van der Waals surface area contributed by atoms with Gasteiger partial charge in [0.15, 0.2) is 10.0 Å². The van der Waals surface area contributed by atoms with Gasteiger partial charge in [-0.05, 0) is 31.0 Å². The van der Waals surface area contributed by atoms with Gasteiger partial charge in [0, 0.05) is 6.54 Å². The van der Waals surface area contributed by atoms with Crippen LogP contribution in [0.15, 0.2) is 59.5 Å². The third-order valence-corrected chi connectivity index (χ3v) is 5.57. The molecule has 1 aliphatic heterocycles. The van der Waals surface area contributed by atoms with Crippen LogP contribution in [0.3, 0.4) is 0 Å². The van der Waals surface area contributed by atoms with E-state index in [1.54, 1.807) is 29.2 Å². The van der Waals surface area contributed by atoms with E-state index in [1.165, 1.54) is 0 Å². The van der Waals surface area contributed by atoms with Crippen LogP contribution >= 0.6 is 0 Å². The minimum absolute atomic E-state index is 0.0657. The van der Waals surface area contributed by atoms with Crippen LogP contribution < -0.4 is 0 Å². The van der Waals surface area contributed by atoms with Crippen molar-refractivity contribution < 1.29 is 17.9 Å². The van der Waals surface area contributed by atoms with Gasteiger partial charge in [-0.15, -0.1) is 0 Å². The molecule has 138 valence electrons. The lowest BCUT2D eigenvalue weighted by atomic mass is 10.1. The summed E-state index contributed by atoms with van der Waals surface area (Å²) in [4.78, 5) is 13.9. The molecule has 6 nitrogen and oxygen atoms in total. The van der Waals surface area contributed by atoms with E-state index in [-0.39, 0.29) is 6.61 Å². The molecule has 3 rings (SSSR count). The summed E-state index contributed by atoms with van der Waals surface area (Å²) in [6, 6.07) is 16.7. The summed E-state index contributed by atoms with van der Waals surface area (Å²) in [6.07, 6.45) is -0.182. The summed E-state index contributed by atoms with van der Waals surface area (Å²) in [5.41, 5.74) is 2.16. The van der Waals surface area contributed by atoms with E-state index in [4.69, 9.17) is 13.7 Å². The number of cyclic esters (lactones) is 1. The molecular weight excluding hydrogens is 352 g/mol. The Morgan fingerprint density at radius 3 is 2.58 bits per heavy atom. The van der Waals surface area contributed by atoms with Crippen molar-refractivity contribution in [3.05, 3.63) is 65.7 Å². The highest BCUT2D eigenvalue weighted by Crippen LogP contribution is 2.18. The van der Waals surface area contributed by atoms with Crippen molar-refractivity contribution in [3.63, 3.8) is 0 Å². The van der Waals surface area contributed by atoms with Gasteiger partial charge in [0.25, 0.3) is 0 Å². The molecule has 0 aromatic heterocycles. The van der Waals surface area contributed by atoms with Gasteiger partial charge < -0.3 is 9.64 Å². The Balaban J connectivity index is 1.51. The van der Waals surface area contributed by atoms with Crippen LogP contribution in [-0.4, -0.2) is 41.0 Å². The van der Waals surface area contributed by atoms with Crippen molar-refractivity contribution in [2.75, 3.05) is 19.7 Å². The molecular formula is C19H22N2O4S. The van der Waals surface area contributed by atoms with Crippen molar-refractivity contribution >= 4 is 16.1 Å². The number of carbonyl (C=O) groups excluding carboxylic acids is 1. The smallest absolute Gasteiger partial charge is 0.410 e. The number of nitrogens with zero attached hydrogens (tertiary/aromatic N) is 1. The molecule has 0 bridgehead atoms. The highest BCUT2D eigenvalue weighted by atomic mass is 32.2. The summed E-state index contributed by atoms with van der Waals surface area (Å²) >= 11 is 0. The number of ether oxygens (including phenoxy) is 1. The van der Waals surface area contributed by atoms with E-state index in [0.717, 1.165) is 17.5 Å². The number of hydrogen-bond acceptors (Lipinski definition) is 5. The first-order valence-electron chi connectivity index (χ1n) is 8.43. The molecule has 0 radical (unpaired) electrons. The van der Waals surface area contributed by atoms with Gasteiger partial charge in [0.1, 0.15) is 12.7 Å². The summed E-state index contributed by atoms with van der Waals surface area (Å²) in [6.45, 7) is 2.77. The maximum atomic E-state index is 12.4. The quantitative estimate of drug-likeness (QED) is 0.805. The van der Waals surface area contributed by atoms with Crippen LogP contribution in [0, 0.1) is 11.7 Å². The first-order valence-corrected chi connectivity index (χ1v) is 9.92. The van der Waals surface area contributed by atoms with Crippen LogP contribution in [0.1, 0.15) is 11.1 Å². The number of nitrogens with one attached hydrogen (secondary N) is 1. The molecule has 0 spiro atoms. The largest absolute Gasteiger partial charge is 0.442 e. The lowest BCUT2D eigenvalue weighted by Crippen LogP contribution is -2.28. The monoisotopic (exact) mass is 374 g/mol. The van der Waals surface area contributed by atoms with E-state index in [9.17, 15) is 9.00 Å². The Labute approximate surface area is 153 Å². The molecule has 1 N–H and O–H groups in total. The molecule has 7 heteroatoms. The Bertz CT molecular complexity index is 851. The third-order valence-electron chi connectivity index (χ3n) is 4.21. The predicted octanol–water partition coefficient (Wildman–Crippen LogP) is 3.40. The van der Waals surface area contributed by atoms with Gasteiger partial charge in [-0.2, -0.15) is 0 Å². The van der Waals surface area contributed by atoms with Gasteiger partial charge in [-0.3, -0.25) is 4.18 Å². The number of benzene rings is 2. The zero-order valence-electron chi connectivity index (χ0n) is 14.6. The SMILES string of the molecule is Cc1ccc(S(=N)(=O)OCC2CN(CCc3ccccc3)C(=O)O2)cc1. The fraction of sp³-hybridized carbons (Fsp3) is 0.316. The first-order chi connectivity index (χ1) is 12.4. The van der Waals surface area contributed by atoms with E-state index in [0.29, 0.717) is 18.0 Å². The molecule has 1 heterocycles. The van der Waals surface area contributed by atoms with Gasteiger partial charge in [-0.1, -0.05) is 48.0 Å². The zero-order valence-corrected chi connectivity index (χ0v) is 15.4. The molecule has 2 atom stereocenters.